The van der Waals surface area contributed by atoms with Crippen molar-refractivity contribution in [2.75, 3.05) is 25.9 Å². The van der Waals surface area contributed by atoms with Crippen molar-refractivity contribution >= 4 is 13.8 Å². The molecule has 16 heavy (non-hydrogen) atoms. The van der Waals surface area contributed by atoms with Gasteiger partial charge in [-0.1, -0.05) is 19.8 Å². The average Bonchev–Trinajstić information content (AvgIpc) is 2.24. The van der Waals surface area contributed by atoms with Crippen LogP contribution in [0, 0.1) is 0 Å². The van der Waals surface area contributed by atoms with Crippen LogP contribution < -0.4 is 0 Å². The number of nitrogens with zero attached hydrogens (tertiary/aromatic N) is 1. The number of hydrogen-bond donors (Lipinski definition) is 0. The van der Waals surface area contributed by atoms with Gasteiger partial charge in [-0.3, -0.25) is 9.56 Å². The Hall–Kier alpha value is -0.180. The highest BCUT2D eigenvalue weighted by molar-refractivity contribution is 7.54. The molecule has 0 aliphatic carbocycles. The van der Waals surface area contributed by atoms with E-state index in [1.54, 1.807) is 6.21 Å². The summed E-state index contributed by atoms with van der Waals surface area (Å²) in [5, 5.41) is 0. The fourth-order valence-electron chi connectivity index (χ4n) is 1.24. The highest BCUT2D eigenvalue weighted by Crippen LogP contribution is 2.46. The van der Waals surface area contributed by atoms with Crippen LogP contribution in [0.5, 0.6) is 0 Å². The maximum Gasteiger partial charge on any atom is 0.335 e. The van der Waals surface area contributed by atoms with Gasteiger partial charge < -0.3 is 9.05 Å². The van der Waals surface area contributed by atoms with E-state index >= 15 is 0 Å². The van der Waals surface area contributed by atoms with Crippen LogP contribution in [0.25, 0.3) is 0 Å². The number of unbranched alkanes of at least 4 members (excludes halogenated alkanes) is 2. The number of rotatable bonds is 10. The molecule has 96 valence electrons. The van der Waals surface area contributed by atoms with E-state index in [2.05, 4.69) is 11.9 Å². The maximum atomic E-state index is 12.0. The monoisotopic (exact) mass is 249 g/mol. The highest BCUT2D eigenvalue weighted by Gasteiger charge is 2.21. The lowest BCUT2D eigenvalue weighted by Crippen LogP contribution is -2.01. The third kappa shape index (κ3) is 8.03. The average molecular weight is 249 g/mol. The van der Waals surface area contributed by atoms with E-state index in [1.165, 1.54) is 12.8 Å². The quantitative estimate of drug-likeness (QED) is 0.338. The van der Waals surface area contributed by atoms with Gasteiger partial charge in [-0.15, -0.1) is 0 Å². The molecule has 0 atom stereocenters. The summed E-state index contributed by atoms with van der Waals surface area (Å²) in [4.78, 5) is 4.20. The minimum absolute atomic E-state index is 0.279. The Morgan fingerprint density at radius 2 is 1.75 bits per heavy atom. The van der Waals surface area contributed by atoms with Gasteiger partial charge in [0.1, 0.15) is 0 Å². The van der Waals surface area contributed by atoms with Crippen LogP contribution >= 0.6 is 7.60 Å². The predicted octanol–water partition coefficient (Wildman–Crippen LogP) is 3.51. The molecule has 0 rings (SSSR count). The van der Waals surface area contributed by atoms with Crippen LogP contribution in [0.15, 0.2) is 4.99 Å². The molecule has 0 spiro atoms. The first-order valence-corrected chi connectivity index (χ1v) is 7.77. The van der Waals surface area contributed by atoms with Gasteiger partial charge in [0.05, 0.1) is 19.4 Å². The summed E-state index contributed by atoms with van der Waals surface area (Å²) in [6.45, 7) is 7.38. The van der Waals surface area contributed by atoms with Gasteiger partial charge in [0.25, 0.3) is 0 Å². The Kier molecular flexibility index (Phi) is 9.89. The van der Waals surface area contributed by atoms with E-state index in [1.807, 2.05) is 13.8 Å². The molecule has 0 aromatic rings. The normalized spacial score (nSPS) is 12.4. The van der Waals surface area contributed by atoms with E-state index in [-0.39, 0.29) is 6.16 Å². The number of hydrogen-bond acceptors (Lipinski definition) is 4. The van der Waals surface area contributed by atoms with Crippen LogP contribution in [-0.2, 0) is 13.6 Å². The molecule has 0 saturated heterocycles. The summed E-state index contributed by atoms with van der Waals surface area (Å²) in [5.41, 5.74) is 0. The Balaban J connectivity index is 3.87. The van der Waals surface area contributed by atoms with Gasteiger partial charge in [-0.25, -0.2) is 0 Å². The van der Waals surface area contributed by atoms with Crippen molar-refractivity contribution in [2.24, 2.45) is 4.99 Å². The molecule has 0 heterocycles. The van der Waals surface area contributed by atoms with Crippen molar-refractivity contribution in [3.63, 3.8) is 0 Å². The second-order valence-electron chi connectivity index (χ2n) is 3.42. The van der Waals surface area contributed by atoms with Crippen LogP contribution in [0.4, 0.5) is 0 Å². The van der Waals surface area contributed by atoms with Gasteiger partial charge in [-0.05, 0) is 20.3 Å². The van der Waals surface area contributed by atoms with Crippen molar-refractivity contribution < 1.29 is 13.6 Å². The van der Waals surface area contributed by atoms with E-state index in [4.69, 9.17) is 9.05 Å². The second kappa shape index (κ2) is 10.0. The molecule has 5 heteroatoms. The van der Waals surface area contributed by atoms with Crippen molar-refractivity contribution in [3.05, 3.63) is 0 Å². The minimum atomic E-state index is -2.92. The summed E-state index contributed by atoms with van der Waals surface area (Å²) in [7, 11) is -2.92. The first kappa shape index (κ1) is 15.8. The fraction of sp³-hybridized carbons (Fsp3) is 0.909. The zero-order valence-corrected chi connectivity index (χ0v) is 11.5. The summed E-state index contributed by atoms with van der Waals surface area (Å²) in [6.07, 6.45) is 5.40. The first-order chi connectivity index (χ1) is 7.68. The molecule has 0 amide bonds. The molecule has 0 fully saturated rings. The lowest BCUT2D eigenvalue weighted by Gasteiger charge is -2.14. The molecular formula is C11H24NO3P. The van der Waals surface area contributed by atoms with Crippen LogP contribution in [0.2, 0.25) is 0 Å². The predicted molar refractivity (Wildman–Crippen MR) is 68.6 cm³/mol. The molecule has 4 nitrogen and oxygen atoms in total. The molecule has 0 aliphatic rings. The van der Waals surface area contributed by atoms with Crippen LogP contribution in [-0.4, -0.2) is 32.1 Å². The summed E-state index contributed by atoms with van der Waals surface area (Å²) >= 11 is 0. The van der Waals surface area contributed by atoms with Gasteiger partial charge in [0.2, 0.25) is 0 Å². The molecular weight excluding hydrogens is 225 g/mol. The number of aliphatic imine (C=N–C) groups is 1. The van der Waals surface area contributed by atoms with Gasteiger partial charge in [0, 0.05) is 12.8 Å². The lowest BCUT2D eigenvalue weighted by molar-refractivity contribution is 0.223. The molecule has 0 unspecified atom stereocenters. The van der Waals surface area contributed by atoms with E-state index in [0.29, 0.717) is 13.2 Å². The smallest absolute Gasteiger partial charge is 0.309 e. The molecule has 0 aromatic carbocycles. The van der Waals surface area contributed by atoms with Crippen LogP contribution in [0.1, 0.15) is 40.0 Å². The van der Waals surface area contributed by atoms with Crippen LogP contribution in [0.3, 0.4) is 0 Å². The van der Waals surface area contributed by atoms with Crippen molar-refractivity contribution in [2.45, 2.75) is 40.0 Å². The third-order valence-corrected chi connectivity index (χ3v) is 3.89. The second-order valence-corrected chi connectivity index (χ2v) is 5.53. The van der Waals surface area contributed by atoms with Gasteiger partial charge >= 0.3 is 7.60 Å². The van der Waals surface area contributed by atoms with E-state index in [0.717, 1.165) is 13.0 Å². The summed E-state index contributed by atoms with van der Waals surface area (Å²) in [5.74, 6) is 0. The lowest BCUT2D eigenvalue weighted by atomic mass is 10.2. The van der Waals surface area contributed by atoms with Gasteiger partial charge in [-0.2, -0.15) is 0 Å². The maximum absolute atomic E-state index is 12.0. The SMILES string of the molecule is CCCCC/N=C/CP(=O)(OCC)OCC. The zero-order chi connectivity index (χ0) is 12.3. The van der Waals surface area contributed by atoms with Crippen molar-refractivity contribution in [1.82, 2.24) is 0 Å². The largest absolute Gasteiger partial charge is 0.335 e. The molecule has 0 bridgehead atoms. The molecule has 0 saturated carbocycles. The molecule has 0 radical (unpaired) electrons. The van der Waals surface area contributed by atoms with Crippen molar-refractivity contribution in [1.29, 1.82) is 0 Å². The summed E-state index contributed by atoms with van der Waals surface area (Å²) < 4.78 is 22.2. The third-order valence-electron chi connectivity index (χ3n) is 1.98. The molecule has 0 aliphatic heterocycles. The molecule has 0 N–H and O–H groups in total. The summed E-state index contributed by atoms with van der Waals surface area (Å²) in [6, 6.07) is 0. The topological polar surface area (TPSA) is 47.9 Å². The molecule has 0 aromatic heterocycles. The fourth-order valence-corrected chi connectivity index (χ4v) is 2.63. The van der Waals surface area contributed by atoms with Crippen molar-refractivity contribution in [3.8, 4) is 0 Å². The Bertz CT molecular complexity index is 221. The Morgan fingerprint density at radius 1 is 1.12 bits per heavy atom. The van der Waals surface area contributed by atoms with Gasteiger partial charge in [0.15, 0.2) is 0 Å². The van der Waals surface area contributed by atoms with E-state index in [9.17, 15) is 4.57 Å². The highest BCUT2D eigenvalue weighted by atomic mass is 31.2. The standard InChI is InChI=1S/C11H24NO3P/c1-4-7-8-9-12-10-11-16(13,14-5-2)15-6-3/h10H,4-9,11H2,1-3H3/b12-10+. The minimum Gasteiger partial charge on any atom is -0.309 e. The van der Waals surface area contributed by atoms with E-state index < -0.39 is 7.60 Å². The Morgan fingerprint density at radius 3 is 2.25 bits per heavy atom. The first-order valence-electron chi connectivity index (χ1n) is 6.05. The zero-order valence-electron chi connectivity index (χ0n) is 10.6. The Labute approximate surface area is 99.0 Å².